The Bertz CT molecular complexity index is 831. The molecule has 0 saturated carbocycles. The van der Waals surface area contributed by atoms with Crippen LogP contribution in [0.4, 0.5) is 13.2 Å². The van der Waals surface area contributed by atoms with Gasteiger partial charge in [0.1, 0.15) is 5.75 Å². The molecule has 0 bridgehead atoms. The van der Waals surface area contributed by atoms with E-state index in [9.17, 15) is 18.3 Å². The molecule has 112 valence electrons. The van der Waals surface area contributed by atoms with Gasteiger partial charge in [-0.05, 0) is 30.3 Å². The molecule has 22 heavy (non-hydrogen) atoms. The summed E-state index contributed by atoms with van der Waals surface area (Å²) in [4.78, 5) is 4.10. The first kappa shape index (κ1) is 14.2. The highest BCUT2D eigenvalue weighted by atomic mass is 19.4. The quantitative estimate of drug-likeness (QED) is 0.743. The van der Waals surface area contributed by atoms with Crippen LogP contribution < -0.4 is 4.74 Å². The molecule has 3 aromatic rings. The van der Waals surface area contributed by atoms with Gasteiger partial charge >= 0.3 is 6.18 Å². The minimum Gasteiger partial charge on any atom is -0.504 e. The Kier molecular flexibility index (Phi) is 3.36. The number of fused-ring (bicyclic) bond motifs is 1. The Labute approximate surface area is 123 Å². The number of aromatic hydroxyl groups is 1. The fraction of sp³-hybridized carbons (Fsp3) is 0.0625. The van der Waals surface area contributed by atoms with Crippen molar-refractivity contribution in [3.8, 4) is 17.2 Å². The Morgan fingerprint density at radius 2 is 1.77 bits per heavy atom. The van der Waals surface area contributed by atoms with Gasteiger partial charge < -0.3 is 9.84 Å². The molecular weight excluding hydrogens is 295 g/mol. The monoisotopic (exact) mass is 305 g/mol. The molecular formula is C16H10F3NO2. The number of pyridine rings is 1. The minimum atomic E-state index is -4.46. The van der Waals surface area contributed by atoms with Crippen LogP contribution in [-0.4, -0.2) is 10.1 Å². The Hall–Kier alpha value is -2.76. The largest absolute Gasteiger partial charge is 0.504 e. The number of hydrogen-bond donors (Lipinski definition) is 1. The van der Waals surface area contributed by atoms with Crippen molar-refractivity contribution >= 4 is 10.9 Å². The molecule has 2 aromatic carbocycles. The molecule has 0 aliphatic rings. The minimum absolute atomic E-state index is 0.00183. The summed E-state index contributed by atoms with van der Waals surface area (Å²) in [6.45, 7) is 0. The van der Waals surface area contributed by atoms with Crippen LogP contribution in [0.5, 0.6) is 17.2 Å². The van der Waals surface area contributed by atoms with Crippen molar-refractivity contribution in [2.75, 3.05) is 0 Å². The maximum absolute atomic E-state index is 12.7. The van der Waals surface area contributed by atoms with Crippen LogP contribution in [0.2, 0.25) is 0 Å². The lowest BCUT2D eigenvalue weighted by Gasteiger charge is -2.11. The van der Waals surface area contributed by atoms with Gasteiger partial charge in [-0.15, -0.1) is 0 Å². The summed E-state index contributed by atoms with van der Waals surface area (Å²) in [5.41, 5.74) is -0.255. The SMILES string of the molecule is Oc1c(Oc2cccc(C(F)(F)F)c2)cnc2ccccc12. The van der Waals surface area contributed by atoms with Crippen LogP contribution in [-0.2, 0) is 6.18 Å². The van der Waals surface area contributed by atoms with E-state index in [1.165, 1.54) is 18.3 Å². The van der Waals surface area contributed by atoms with E-state index in [4.69, 9.17) is 4.74 Å². The molecule has 1 heterocycles. The molecule has 3 nitrogen and oxygen atoms in total. The van der Waals surface area contributed by atoms with Gasteiger partial charge in [0, 0.05) is 5.39 Å². The molecule has 3 rings (SSSR count). The second-order valence-corrected chi connectivity index (χ2v) is 4.62. The zero-order valence-electron chi connectivity index (χ0n) is 11.1. The van der Waals surface area contributed by atoms with Crippen LogP contribution in [0.25, 0.3) is 10.9 Å². The number of alkyl halides is 3. The maximum atomic E-state index is 12.7. The highest BCUT2D eigenvalue weighted by Gasteiger charge is 2.30. The predicted molar refractivity (Wildman–Crippen MR) is 74.9 cm³/mol. The first-order chi connectivity index (χ1) is 10.4. The van der Waals surface area contributed by atoms with Crippen molar-refractivity contribution in [1.82, 2.24) is 4.98 Å². The number of nitrogens with zero attached hydrogens (tertiary/aromatic N) is 1. The zero-order valence-corrected chi connectivity index (χ0v) is 11.1. The van der Waals surface area contributed by atoms with Crippen molar-refractivity contribution in [3.05, 3.63) is 60.3 Å². The molecule has 0 fully saturated rings. The summed E-state index contributed by atoms with van der Waals surface area (Å²) >= 11 is 0. The maximum Gasteiger partial charge on any atom is 0.416 e. The van der Waals surface area contributed by atoms with E-state index in [0.29, 0.717) is 10.9 Å². The van der Waals surface area contributed by atoms with E-state index in [1.54, 1.807) is 24.3 Å². The lowest BCUT2D eigenvalue weighted by molar-refractivity contribution is -0.137. The van der Waals surface area contributed by atoms with E-state index >= 15 is 0 Å². The first-order valence-corrected chi connectivity index (χ1v) is 6.37. The number of aromatic nitrogens is 1. The number of halogens is 3. The van der Waals surface area contributed by atoms with Crippen molar-refractivity contribution in [2.24, 2.45) is 0 Å². The summed E-state index contributed by atoms with van der Waals surface area (Å²) in [6.07, 6.45) is -3.18. The third-order valence-corrected chi connectivity index (χ3v) is 3.10. The highest BCUT2D eigenvalue weighted by molar-refractivity contribution is 5.86. The van der Waals surface area contributed by atoms with Gasteiger partial charge in [-0.3, -0.25) is 4.98 Å². The van der Waals surface area contributed by atoms with Gasteiger partial charge in [-0.25, -0.2) is 0 Å². The van der Waals surface area contributed by atoms with E-state index in [-0.39, 0.29) is 17.2 Å². The molecule has 6 heteroatoms. The van der Waals surface area contributed by atoms with Crippen LogP contribution in [0.3, 0.4) is 0 Å². The molecule has 0 aliphatic carbocycles. The third-order valence-electron chi connectivity index (χ3n) is 3.10. The molecule has 0 unspecified atom stereocenters. The molecule has 0 radical (unpaired) electrons. The second-order valence-electron chi connectivity index (χ2n) is 4.62. The molecule has 0 saturated heterocycles. The fourth-order valence-electron chi connectivity index (χ4n) is 2.05. The van der Waals surface area contributed by atoms with E-state index in [0.717, 1.165) is 12.1 Å². The van der Waals surface area contributed by atoms with Gasteiger partial charge in [-0.1, -0.05) is 18.2 Å². The van der Waals surface area contributed by atoms with Gasteiger partial charge in [0.2, 0.25) is 0 Å². The van der Waals surface area contributed by atoms with Crippen molar-refractivity contribution in [3.63, 3.8) is 0 Å². The van der Waals surface area contributed by atoms with Gasteiger partial charge in [0.05, 0.1) is 17.3 Å². The molecule has 0 spiro atoms. The van der Waals surface area contributed by atoms with Crippen molar-refractivity contribution < 1.29 is 23.0 Å². The van der Waals surface area contributed by atoms with Gasteiger partial charge in [0.25, 0.3) is 0 Å². The summed E-state index contributed by atoms with van der Waals surface area (Å²) in [5.74, 6) is -0.191. The molecule has 0 amide bonds. The molecule has 1 N–H and O–H groups in total. The van der Waals surface area contributed by atoms with E-state index in [1.807, 2.05) is 0 Å². The third kappa shape index (κ3) is 2.67. The van der Waals surface area contributed by atoms with Gasteiger partial charge in [0.15, 0.2) is 11.5 Å². The van der Waals surface area contributed by atoms with E-state index in [2.05, 4.69) is 4.98 Å². The lowest BCUT2D eigenvalue weighted by Crippen LogP contribution is -2.04. The molecule has 0 atom stereocenters. The fourth-order valence-corrected chi connectivity index (χ4v) is 2.05. The zero-order chi connectivity index (χ0) is 15.7. The van der Waals surface area contributed by atoms with Crippen LogP contribution in [0.1, 0.15) is 5.56 Å². The number of para-hydroxylation sites is 1. The van der Waals surface area contributed by atoms with Crippen LogP contribution >= 0.6 is 0 Å². The summed E-state index contributed by atoms with van der Waals surface area (Å²) in [5, 5.41) is 10.6. The van der Waals surface area contributed by atoms with Crippen molar-refractivity contribution in [1.29, 1.82) is 0 Å². The summed E-state index contributed by atoms with van der Waals surface area (Å²) < 4.78 is 43.4. The molecule has 0 aliphatic heterocycles. The van der Waals surface area contributed by atoms with E-state index < -0.39 is 11.7 Å². The smallest absolute Gasteiger partial charge is 0.416 e. The summed E-state index contributed by atoms with van der Waals surface area (Å²) in [7, 11) is 0. The standard InChI is InChI=1S/C16H10F3NO2/c17-16(18,19)10-4-3-5-11(8-10)22-14-9-20-13-7-2-1-6-12(13)15(14)21/h1-9H,(H,20,21). The van der Waals surface area contributed by atoms with Crippen molar-refractivity contribution in [2.45, 2.75) is 6.18 Å². The average molecular weight is 305 g/mol. The predicted octanol–water partition coefficient (Wildman–Crippen LogP) is 4.75. The Morgan fingerprint density at radius 3 is 2.55 bits per heavy atom. The van der Waals surface area contributed by atoms with Crippen LogP contribution in [0.15, 0.2) is 54.7 Å². The number of ether oxygens (including phenoxy) is 1. The average Bonchev–Trinajstić information content (AvgIpc) is 2.50. The van der Waals surface area contributed by atoms with Crippen LogP contribution in [0, 0.1) is 0 Å². The lowest BCUT2D eigenvalue weighted by atomic mass is 10.2. The number of hydrogen-bond acceptors (Lipinski definition) is 3. The number of rotatable bonds is 2. The number of benzene rings is 2. The normalized spacial score (nSPS) is 11.6. The Balaban J connectivity index is 1.98. The second kappa shape index (κ2) is 5.22. The topological polar surface area (TPSA) is 42.4 Å². The summed E-state index contributed by atoms with van der Waals surface area (Å²) in [6, 6.07) is 11.3. The highest BCUT2D eigenvalue weighted by Crippen LogP contribution is 2.37. The first-order valence-electron chi connectivity index (χ1n) is 6.37. The van der Waals surface area contributed by atoms with Gasteiger partial charge in [-0.2, -0.15) is 13.2 Å². The molecule has 1 aromatic heterocycles. The Morgan fingerprint density at radius 1 is 1.00 bits per heavy atom.